The molecule has 1 aliphatic heterocycles. The summed E-state index contributed by atoms with van der Waals surface area (Å²) in [5, 5.41) is 2.79. The number of ether oxygens (including phenoxy) is 1. The number of nitrogens with one attached hydrogen (secondary N) is 1. The van der Waals surface area contributed by atoms with E-state index in [1.807, 2.05) is 32.0 Å². The Balaban J connectivity index is 1.43. The van der Waals surface area contributed by atoms with Gasteiger partial charge in [-0.05, 0) is 61.4 Å². The van der Waals surface area contributed by atoms with Crippen LogP contribution in [0.2, 0.25) is 0 Å². The highest BCUT2D eigenvalue weighted by Gasteiger charge is 2.21. The second kappa shape index (κ2) is 8.08. The van der Waals surface area contributed by atoms with Crippen molar-refractivity contribution in [1.82, 2.24) is 10.2 Å². The van der Waals surface area contributed by atoms with Crippen LogP contribution < -0.4 is 15.0 Å². The van der Waals surface area contributed by atoms with Crippen molar-refractivity contribution in [3.63, 3.8) is 0 Å². The molecule has 0 aliphatic carbocycles. The maximum absolute atomic E-state index is 13.0. The molecule has 6 heteroatoms. The smallest absolute Gasteiger partial charge is 0.320 e. The topological polar surface area (TPSA) is 44.8 Å². The van der Waals surface area contributed by atoms with Gasteiger partial charge in [0.15, 0.2) is 6.73 Å². The van der Waals surface area contributed by atoms with Crippen LogP contribution in [-0.4, -0.2) is 43.8 Å². The van der Waals surface area contributed by atoms with E-state index in [1.54, 1.807) is 17.0 Å². The van der Waals surface area contributed by atoms with Crippen molar-refractivity contribution in [3.8, 4) is 5.75 Å². The minimum absolute atomic E-state index is 0.132. The molecule has 5 nitrogen and oxygen atoms in total. The molecular formula is C20H24FN3O2. The van der Waals surface area contributed by atoms with E-state index in [0.29, 0.717) is 13.1 Å². The third-order valence-electron chi connectivity index (χ3n) is 4.70. The number of amides is 2. The summed E-state index contributed by atoms with van der Waals surface area (Å²) in [6.45, 7) is 6.89. The molecule has 1 N–H and O–H groups in total. The molecule has 0 bridgehead atoms. The number of hydrogen-bond donors (Lipinski definition) is 1. The van der Waals surface area contributed by atoms with Gasteiger partial charge in [0.25, 0.3) is 0 Å². The van der Waals surface area contributed by atoms with Gasteiger partial charge in [-0.3, -0.25) is 0 Å². The van der Waals surface area contributed by atoms with Crippen molar-refractivity contribution < 1.29 is 13.9 Å². The van der Waals surface area contributed by atoms with Gasteiger partial charge in [0.1, 0.15) is 11.6 Å². The SMILES string of the molecule is Cc1ccc(OCNC(=O)N2CCN(c3ccc(F)cc3)CC2)cc1C. The lowest BCUT2D eigenvalue weighted by molar-refractivity contribution is 0.181. The number of benzene rings is 2. The number of urea groups is 1. The number of nitrogens with zero attached hydrogens (tertiary/aromatic N) is 2. The monoisotopic (exact) mass is 357 g/mol. The maximum Gasteiger partial charge on any atom is 0.320 e. The summed E-state index contributed by atoms with van der Waals surface area (Å²) in [6.07, 6.45) is 0. The summed E-state index contributed by atoms with van der Waals surface area (Å²) in [7, 11) is 0. The predicted octanol–water partition coefficient (Wildman–Crippen LogP) is 3.31. The van der Waals surface area contributed by atoms with Gasteiger partial charge in [0.05, 0.1) is 0 Å². The zero-order valence-electron chi connectivity index (χ0n) is 15.2. The normalized spacial score (nSPS) is 14.3. The van der Waals surface area contributed by atoms with Gasteiger partial charge in [-0.15, -0.1) is 0 Å². The van der Waals surface area contributed by atoms with Gasteiger partial charge < -0.3 is 19.9 Å². The molecule has 0 radical (unpaired) electrons. The molecule has 1 aliphatic rings. The van der Waals surface area contributed by atoms with Crippen molar-refractivity contribution in [2.45, 2.75) is 13.8 Å². The highest BCUT2D eigenvalue weighted by atomic mass is 19.1. The van der Waals surface area contributed by atoms with Gasteiger partial charge in [-0.25, -0.2) is 9.18 Å². The standard InChI is InChI=1S/C20H24FN3O2/c1-15-3-8-19(13-16(15)2)26-14-22-20(25)24-11-9-23(10-12-24)18-6-4-17(21)5-7-18/h3-8,13H,9-12,14H2,1-2H3,(H,22,25). The lowest BCUT2D eigenvalue weighted by Gasteiger charge is -2.36. The Morgan fingerprint density at radius 2 is 1.73 bits per heavy atom. The highest BCUT2D eigenvalue weighted by molar-refractivity contribution is 5.74. The molecule has 0 unspecified atom stereocenters. The van der Waals surface area contributed by atoms with Crippen LogP contribution in [-0.2, 0) is 0 Å². The van der Waals surface area contributed by atoms with Gasteiger partial charge in [-0.1, -0.05) is 6.07 Å². The highest BCUT2D eigenvalue weighted by Crippen LogP contribution is 2.17. The Morgan fingerprint density at radius 3 is 2.38 bits per heavy atom. The summed E-state index contributed by atoms with van der Waals surface area (Å²) in [4.78, 5) is 16.2. The molecule has 1 saturated heterocycles. The Kier molecular flexibility index (Phi) is 5.61. The molecule has 0 atom stereocenters. The molecule has 138 valence electrons. The van der Waals surface area contributed by atoms with Crippen molar-refractivity contribution >= 4 is 11.7 Å². The van der Waals surface area contributed by atoms with Gasteiger partial charge in [0.2, 0.25) is 0 Å². The van der Waals surface area contributed by atoms with Gasteiger partial charge >= 0.3 is 6.03 Å². The number of piperazine rings is 1. The summed E-state index contributed by atoms with van der Waals surface area (Å²) in [5.41, 5.74) is 3.34. The first-order chi connectivity index (χ1) is 12.5. The third-order valence-corrected chi connectivity index (χ3v) is 4.70. The van der Waals surface area contributed by atoms with E-state index >= 15 is 0 Å². The summed E-state index contributed by atoms with van der Waals surface area (Å²) < 4.78 is 18.6. The van der Waals surface area contributed by atoms with E-state index in [-0.39, 0.29) is 18.6 Å². The fourth-order valence-electron chi connectivity index (χ4n) is 2.92. The lowest BCUT2D eigenvalue weighted by Crippen LogP contribution is -2.52. The van der Waals surface area contributed by atoms with Crippen LogP contribution in [0.5, 0.6) is 5.75 Å². The van der Waals surface area contributed by atoms with E-state index < -0.39 is 0 Å². The Morgan fingerprint density at radius 1 is 1.04 bits per heavy atom. The van der Waals surface area contributed by atoms with E-state index in [0.717, 1.165) is 30.1 Å². The molecule has 2 aromatic carbocycles. The largest absolute Gasteiger partial charge is 0.473 e. The Labute approximate surface area is 153 Å². The van der Waals surface area contributed by atoms with E-state index in [4.69, 9.17) is 4.74 Å². The minimum atomic E-state index is -0.240. The molecule has 26 heavy (non-hydrogen) atoms. The summed E-state index contributed by atoms with van der Waals surface area (Å²) in [6, 6.07) is 12.2. The van der Waals surface area contributed by atoms with E-state index in [2.05, 4.69) is 10.2 Å². The maximum atomic E-state index is 13.0. The van der Waals surface area contributed by atoms with Crippen molar-refractivity contribution in [3.05, 3.63) is 59.4 Å². The fraction of sp³-hybridized carbons (Fsp3) is 0.350. The molecule has 0 spiro atoms. The Bertz CT molecular complexity index is 756. The van der Waals surface area contributed by atoms with Gasteiger partial charge in [0, 0.05) is 31.9 Å². The van der Waals surface area contributed by atoms with Crippen LogP contribution in [0.1, 0.15) is 11.1 Å². The van der Waals surface area contributed by atoms with Crippen molar-refractivity contribution in [2.24, 2.45) is 0 Å². The number of aryl methyl sites for hydroxylation is 2. The second-order valence-corrected chi connectivity index (χ2v) is 6.47. The first kappa shape index (κ1) is 18.0. The number of hydrogen-bond acceptors (Lipinski definition) is 3. The molecule has 2 aromatic rings. The fourth-order valence-corrected chi connectivity index (χ4v) is 2.92. The molecule has 0 saturated carbocycles. The average molecular weight is 357 g/mol. The Hall–Kier alpha value is -2.76. The van der Waals surface area contributed by atoms with Gasteiger partial charge in [-0.2, -0.15) is 0 Å². The second-order valence-electron chi connectivity index (χ2n) is 6.47. The number of anilines is 1. The minimum Gasteiger partial charge on any atom is -0.473 e. The van der Waals surface area contributed by atoms with E-state index in [9.17, 15) is 9.18 Å². The van der Waals surface area contributed by atoms with Crippen LogP contribution in [0.3, 0.4) is 0 Å². The van der Waals surface area contributed by atoms with Crippen LogP contribution in [0.4, 0.5) is 14.9 Å². The zero-order valence-corrected chi connectivity index (χ0v) is 15.2. The quantitative estimate of drug-likeness (QED) is 0.854. The van der Waals surface area contributed by atoms with E-state index in [1.165, 1.54) is 17.7 Å². The number of rotatable bonds is 4. The molecule has 2 amide bonds. The summed E-state index contributed by atoms with van der Waals surface area (Å²) in [5.74, 6) is 0.505. The first-order valence-electron chi connectivity index (χ1n) is 8.76. The van der Waals surface area contributed by atoms with Crippen molar-refractivity contribution in [1.29, 1.82) is 0 Å². The average Bonchev–Trinajstić information content (AvgIpc) is 2.65. The lowest BCUT2D eigenvalue weighted by atomic mass is 10.1. The molecule has 0 aromatic heterocycles. The first-order valence-corrected chi connectivity index (χ1v) is 8.76. The molecule has 3 rings (SSSR count). The zero-order chi connectivity index (χ0) is 18.5. The molecule has 1 fully saturated rings. The number of carbonyl (C=O) groups excluding carboxylic acids is 1. The third kappa shape index (κ3) is 4.45. The van der Waals surface area contributed by atoms with Crippen LogP contribution in [0, 0.1) is 19.7 Å². The number of halogens is 1. The van der Waals surface area contributed by atoms with Crippen molar-refractivity contribution in [2.75, 3.05) is 37.8 Å². The van der Waals surface area contributed by atoms with Crippen LogP contribution in [0.25, 0.3) is 0 Å². The molecular weight excluding hydrogens is 333 g/mol. The molecule has 1 heterocycles. The summed E-state index contributed by atoms with van der Waals surface area (Å²) >= 11 is 0. The van der Waals surface area contributed by atoms with Crippen LogP contribution >= 0.6 is 0 Å². The predicted molar refractivity (Wildman–Crippen MR) is 100 cm³/mol. The van der Waals surface area contributed by atoms with Crippen LogP contribution in [0.15, 0.2) is 42.5 Å². The number of carbonyl (C=O) groups is 1.